The largest absolute Gasteiger partial charge is 0.328 e. The molecule has 0 saturated heterocycles. The van der Waals surface area contributed by atoms with E-state index in [-0.39, 0.29) is 0 Å². The molecule has 1 amide bonds. The van der Waals surface area contributed by atoms with Crippen molar-refractivity contribution in [2.75, 3.05) is 5.32 Å². The van der Waals surface area contributed by atoms with Crippen molar-refractivity contribution in [2.24, 2.45) is 5.73 Å². The molecule has 0 saturated carbocycles. The molecule has 0 fully saturated rings. The Kier molecular flexibility index (Phi) is 2.82. The van der Waals surface area contributed by atoms with Crippen molar-refractivity contribution in [3.8, 4) is 0 Å². The Morgan fingerprint density at radius 2 is 2.33 bits per heavy atom. The highest BCUT2D eigenvalue weighted by atomic mass is 16.1. The van der Waals surface area contributed by atoms with E-state index < -0.39 is 0 Å². The van der Waals surface area contributed by atoms with Gasteiger partial charge in [0.05, 0.1) is 0 Å². The van der Waals surface area contributed by atoms with Gasteiger partial charge in [0.1, 0.15) is 0 Å². The third-order valence-electron chi connectivity index (χ3n) is 1.75. The molecule has 3 N–H and O–H groups in total. The summed E-state index contributed by atoms with van der Waals surface area (Å²) in [6.07, 6.45) is 0.669. The Labute approximate surface area is 71.6 Å². The van der Waals surface area contributed by atoms with E-state index in [0.29, 0.717) is 13.0 Å². The van der Waals surface area contributed by atoms with E-state index in [1.54, 1.807) is 0 Å². The van der Waals surface area contributed by atoms with Crippen LogP contribution in [0.3, 0.4) is 0 Å². The molecular formula is C9H12N2O. The molecule has 1 aromatic carbocycles. The summed E-state index contributed by atoms with van der Waals surface area (Å²) in [5.74, 6) is 0. The lowest BCUT2D eigenvalue weighted by Crippen LogP contribution is -2.00. The van der Waals surface area contributed by atoms with E-state index in [2.05, 4.69) is 5.32 Å². The minimum atomic E-state index is 0.494. The predicted octanol–water partition coefficient (Wildman–Crippen LogP) is 1.02. The molecule has 0 aliphatic carbocycles. The predicted molar refractivity (Wildman–Crippen MR) is 48.8 cm³/mol. The molecule has 0 unspecified atom stereocenters. The molecular weight excluding hydrogens is 152 g/mol. The number of carbonyl (C=O) groups is 1. The van der Waals surface area contributed by atoms with Crippen LogP contribution in [0.25, 0.3) is 0 Å². The van der Waals surface area contributed by atoms with Gasteiger partial charge in [-0.15, -0.1) is 0 Å². The van der Waals surface area contributed by atoms with Gasteiger partial charge in [-0.3, -0.25) is 4.79 Å². The summed E-state index contributed by atoms with van der Waals surface area (Å²) in [4.78, 5) is 10.2. The smallest absolute Gasteiger partial charge is 0.211 e. The fraction of sp³-hybridized carbons (Fsp3) is 0.222. The van der Waals surface area contributed by atoms with Crippen LogP contribution in [0.2, 0.25) is 0 Å². The molecule has 0 aliphatic heterocycles. The summed E-state index contributed by atoms with van der Waals surface area (Å²) < 4.78 is 0. The number of nitrogens with two attached hydrogens (primary N) is 1. The second-order valence-electron chi connectivity index (χ2n) is 2.62. The molecule has 0 atom stereocenters. The average molecular weight is 164 g/mol. The minimum absolute atomic E-state index is 0.494. The van der Waals surface area contributed by atoms with Crippen molar-refractivity contribution < 1.29 is 4.79 Å². The Morgan fingerprint density at radius 1 is 1.58 bits per heavy atom. The van der Waals surface area contributed by atoms with Gasteiger partial charge in [0, 0.05) is 12.2 Å². The zero-order chi connectivity index (χ0) is 8.97. The molecule has 0 radical (unpaired) electrons. The van der Waals surface area contributed by atoms with E-state index in [4.69, 9.17) is 5.73 Å². The van der Waals surface area contributed by atoms with Gasteiger partial charge in [0.25, 0.3) is 0 Å². The highest BCUT2D eigenvalue weighted by molar-refractivity contribution is 5.73. The van der Waals surface area contributed by atoms with E-state index in [9.17, 15) is 4.79 Å². The van der Waals surface area contributed by atoms with Gasteiger partial charge in [-0.05, 0) is 24.1 Å². The van der Waals surface area contributed by atoms with Crippen LogP contribution in [0.5, 0.6) is 0 Å². The molecule has 0 heterocycles. The molecule has 0 spiro atoms. The lowest BCUT2D eigenvalue weighted by Gasteiger charge is -2.05. The van der Waals surface area contributed by atoms with Crippen LogP contribution < -0.4 is 11.1 Å². The van der Waals surface area contributed by atoms with Gasteiger partial charge in [-0.25, -0.2) is 0 Å². The molecule has 64 valence electrons. The maximum absolute atomic E-state index is 10.2. The van der Waals surface area contributed by atoms with Crippen LogP contribution in [-0.2, 0) is 11.3 Å². The number of benzene rings is 1. The van der Waals surface area contributed by atoms with Gasteiger partial charge in [0.15, 0.2) is 0 Å². The van der Waals surface area contributed by atoms with Gasteiger partial charge >= 0.3 is 0 Å². The number of amides is 1. The van der Waals surface area contributed by atoms with Crippen LogP contribution in [0.4, 0.5) is 5.69 Å². The van der Waals surface area contributed by atoms with Crippen molar-refractivity contribution in [3.63, 3.8) is 0 Å². The topological polar surface area (TPSA) is 55.1 Å². The summed E-state index contributed by atoms with van der Waals surface area (Å²) in [6, 6.07) is 5.77. The maximum Gasteiger partial charge on any atom is 0.211 e. The van der Waals surface area contributed by atoms with E-state index in [1.807, 2.05) is 25.1 Å². The number of hydrogen-bond acceptors (Lipinski definition) is 2. The number of hydrogen-bond donors (Lipinski definition) is 2. The van der Waals surface area contributed by atoms with Crippen molar-refractivity contribution in [3.05, 3.63) is 29.3 Å². The first-order valence-electron chi connectivity index (χ1n) is 3.77. The summed E-state index contributed by atoms with van der Waals surface area (Å²) in [6.45, 7) is 2.43. The average Bonchev–Trinajstić information content (AvgIpc) is 2.09. The van der Waals surface area contributed by atoms with E-state index >= 15 is 0 Å². The van der Waals surface area contributed by atoms with Crippen LogP contribution in [-0.4, -0.2) is 6.41 Å². The molecule has 1 rings (SSSR count). The maximum atomic E-state index is 10.2. The fourth-order valence-electron chi connectivity index (χ4n) is 1.02. The van der Waals surface area contributed by atoms with Crippen LogP contribution in [0.15, 0.2) is 18.2 Å². The van der Waals surface area contributed by atoms with E-state index in [1.165, 1.54) is 0 Å². The van der Waals surface area contributed by atoms with Gasteiger partial charge in [-0.1, -0.05) is 12.1 Å². The van der Waals surface area contributed by atoms with Crippen LogP contribution in [0, 0.1) is 6.92 Å². The van der Waals surface area contributed by atoms with E-state index in [0.717, 1.165) is 16.8 Å². The summed E-state index contributed by atoms with van der Waals surface area (Å²) in [5.41, 5.74) is 8.34. The highest BCUT2D eigenvalue weighted by Crippen LogP contribution is 2.15. The molecule has 0 bridgehead atoms. The third kappa shape index (κ3) is 1.83. The number of aryl methyl sites for hydroxylation is 1. The standard InChI is InChI=1S/C9H12N2O/c1-7-2-3-8(5-10)4-9(7)11-6-12/h2-4,6H,5,10H2,1H3,(H,11,12). The van der Waals surface area contributed by atoms with Crippen molar-refractivity contribution >= 4 is 12.1 Å². The van der Waals surface area contributed by atoms with Gasteiger partial charge < -0.3 is 11.1 Å². The first kappa shape index (κ1) is 8.74. The third-order valence-corrected chi connectivity index (χ3v) is 1.75. The zero-order valence-corrected chi connectivity index (χ0v) is 7.00. The first-order valence-corrected chi connectivity index (χ1v) is 3.77. The second-order valence-corrected chi connectivity index (χ2v) is 2.62. The molecule has 3 heteroatoms. The normalized spacial score (nSPS) is 9.50. The van der Waals surface area contributed by atoms with Crippen LogP contribution >= 0.6 is 0 Å². The number of carbonyl (C=O) groups excluding carboxylic acids is 1. The van der Waals surface area contributed by atoms with Crippen molar-refractivity contribution in [1.82, 2.24) is 0 Å². The van der Waals surface area contributed by atoms with Crippen molar-refractivity contribution in [1.29, 1.82) is 0 Å². The zero-order valence-electron chi connectivity index (χ0n) is 7.00. The highest BCUT2D eigenvalue weighted by Gasteiger charge is 1.97. The number of nitrogens with one attached hydrogen (secondary N) is 1. The Morgan fingerprint density at radius 3 is 2.92 bits per heavy atom. The monoisotopic (exact) mass is 164 g/mol. The molecule has 0 aromatic heterocycles. The first-order chi connectivity index (χ1) is 5.77. The molecule has 0 aliphatic rings. The summed E-state index contributed by atoms with van der Waals surface area (Å²) in [7, 11) is 0. The Bertz CT molecular complexity index is 284. The molecule has 3 nitrogen and oxygen atoms in total. The quantitative estimate of drug-likeness (QED) is 0.655. The Balaban J connectivity index is 2.99. The fourth-order valence-corrected chi connectivity index (χ4v) is 1.02. The lowest BCUT2D eigenvalue weighted by atomic mass is 10.1. The number of anilines is 1. The number of rotatable bonds is 3. The molecule has 12 heavy (non-hydrogen) atoms. The second kappa shape index (κ2) is 3.88. The van der Waals surface area contributed by atoms with Crippen molar-refractivity contribution in [2.45, 2.75) is 13.5 Å². The lowest BCUT2D eigenvalue weighted by molar-refractivity contribution is -0.105. The van der Waals surface area contributed by atoms with Gasteiger partial charge in [-0.2, -0.15) is 0 Å². The Hall–Kier alpha value is -1.35. The minimum Gasteiger partial charge on any atom is -0.328 e. The summed E-state index contributed by atoms with van der Waals surface area (Å²) in [5, 5.41) is 2.61. The molecule has 1 aromatic rings. The SMILES string of the molecule is Cc1ccc(CN)cc1NC=O. The summed E-state index contributed by atoms with van der Waals surface area (Å²) >= 11 is 0. The van der Waals surface area contributed by atoms with Gasteiger partial charge in [0.2, 0.25) is 6.41 Å². The van der Waals surface area contributed by atoms with Crippen LogP contribution in [0.1, 0.15) is 11.1 Å².